The molecule has 1 aromatic rings. The van der Waals surface area contributed by atoms with Crippen molar-refractivity contribution in [1.29, 1.82) is 0 Å². The van der Waals surface area contributed by atoms with Crippen LogP contribution in [0.25, 0.3) is 0 Å². The molecule has 1 aromatic heterocycles. The molecule has 100 valence electrons. The molecule has 2 N–H and O–H groups in total. The number of amides is 1. The van der Waals surface area contributed by atoms with Gasteiger partial charge in [0.2, 0.25) is 5.91 Å². The largest absolute Gasteiger partial charge is 0.481 e. The zero-order chi connectivity index (χ0) is 13.4. The number of carbonyl (C=O) groups excluding carboxylic acids is 1. The van der Waals surface area contributed by atoms with Gasteiger partial charge in [0, 0.05) is 17.1 Å². The van der Waals surface area contributed by atoms with Gasteiger partial charge in [0.05, 0.1) is 12.5 Å². The van der Waals surface area contributed by atoms with Crippen molar-refractivity contribution >= 4 is 35.0 Å². The topological polar surface area (TPSA) is 66.4 Å². The second-order valence-corrected chi connectivity index (χ2v) is 6.05. The number of nitrogens with one attached hydrogen (secondary N) is 1. The lowest BCUT2D eigenvalue weighted by Gasteiger charge is -2.15. The maximum absolute atomic E-state index is 11.7. The van der Waals surface area contributed by atoms with E-state index in [0.717, 1.165) is 16.4 Å². The first-order valence-corrected chi connectivity index (χ1v) is 7.79. The zero-order valence-electron chi connectivity index (χ0n) is 10.2. The summed E-state index contributed by atoms with van der Waals surface area (Å²) in [5.74, 6) is 0.760. The number of carboxylic acid groups (broad SMARTS) is 1. The molecule has 0 saturated heterocycles. The summed E-state index contributed by atoms with van der Waals surface area (Å²) in [4.78, 5) is 23.4. The van der Waals surface area contributed by atoms with Crippen molar-refractivity contribution in [3.05, 3.63) is 22.4 Å². The Balaban J connectivity index is 2.51. The smallest absolute Gasteiger partial charge is 0.305 e. The molecule has 1 rings (SSSR count). The highest BCUT2D eigenvalue weighted by molar-refractivity contribution is 7.99. The van der Waals surface area contributed by atoms with Crippen molar-refractivity contribution in [3.8, 4) is 0 Å². The second-order valence-electron chi connectivity index (χ2n) is 3.68. The Morgan fingerprint density at radius 1 is 1.56 bits per heavy atom. The molecule has 0 aliphatic carbocycles. The summed E-state index contributed by atoms with van der Waals surface area (Å²) in [5, 5.41) is 13.5. The molecule has 1 amide bonds. The van der Waals surface area contributed by atoms with E-state index < -0.39 is 12.0 Å². The molecule has 1 atom stereocenters. The van der Waals surface area contributed by atoms with Crippen molar-refractivity contribution in [1.82, 2.24) is 5.32 Å². The number of carboxylic acids is 1. The third kappa shape index (κ3) is 5.55. The van der Waals surface area contributed by atoms with Crippen LogP contribution in [0.2, 0.25) is 0 Å². The van der Waals surface area contributed by atoms with Crippen LogP contribution in [0.3, 0.4) is 0 Å². The maximum atomic E-state index is 11.7. The monoisotopic (exact) mass is 287 g/mol. The van der Waals surface area contributed by atoms with Crippen LogP contribution in [-0.2, 0) is 9.59 Å². The summed E-state index contributed by atoms with van der Waals surface area (Å²) in [6.45, 7) is 2.04. The fourth-order valence-corrected chi connectivity index (χ4v) is 2.86. The molecule has 1 unspecified atom stereocenters. The molecule has 0 aromatic carbocycles. The van der Waals surface area contributed by atoms with E-state index >= 15 is 0 Å². The minimum Gasteiger partial charge on any atom is -0.481 e. The van der Waals surface area contributed by atoms with Crippen LogP contribution in [0.5, 0.6) is 0 Å². The van der Waals surface area contributed by atoms with Gasteiger partial charge in [-0.1, -0.05) is 13.0 Å². The summed E-state index contributed by atoms with van der Waals surface area (Å²) < 4.78 is 0. The van der Waals surface area contributed by atoms with Crippen LogP contribution < -0.4 is 5.32 Å². The first-order valence-electron chi connectivity index (χ1n) is 5.75. The standard InChI is InChI=1S/C12H17NO3S2/c1-2-17-7-5-11(14)13-9(8-12(15)16)10-4-3-6-18-10/h3-4,6,9H,2,5,7-8H2,1H3,(H,13,14)(H,15,16). The van der Waals surface area contributed by atoms with Gasteiger partial charge in [-0.15, -0.1) is 11.3 Å². The molecule has 0 saturated carbocycles. The molecule has 0 aliphatic heterocycles. The number of hydrogen-bond acceptors (Lipinski definition) is 4. The van der Waals surface area contributed by atoms with Crippen molar-refractivity contribution in [2.24, 2.45) is 0 Å². The average molecular weight is 287 g/mol. The Kier molecular flexibility index (Phi) is 6.82. The van der Waals surface area contributed by atoms with Gasteiger partial charge in [-0.3, -0.25) is 9.59 Å². The van der Waals surface area contributed by atoms with Gasteiger partial charge in [-0.05, 0) is 17.2 Å². The average Bonchev–Trinajstić information content (AvgIpc) is 2.81. The number of carbonyl (C=O) groups is 2. The lowest BCUT2D eigenvalue weighted by molar-refractivity contribution is -0.137. The highest BCUT2D eigenvalue weighted by atomic mass is 32.2. The predicted octanol–water partition coefficient (Wildman–Crippen LogP) is 2.52. The molecule has 0 fully saturated rings. The normalized spacial score (nSPS) is 12.1. The van der Waals surface area contributed by atoms with Crippen LogP contribution in [0.1, 0.15) is 30.7 Å². The summed E-state index contributed by atoms with van der Waals surface area (Å²) in [6.07, 6.45) is 0.354. The summed E-state index contributed by atoms with van der Waals surface area (Å²) in [6, 6.07) is 3.29. The zero-order valence-corrected chi connectivity index (χ0v) is 11.9. The second kappa shape index (κ2) is 8.16. The minimum atomic E-state index is -0.906. The third-order valence-electron chi connectivity index (χ3n) is 2.28. The van der Waals surface area contributed by atoms with E-state index in [1.165, 1.54) is 11.3 Å². The van der Waals surface area contributed by atoms with Gasteiger partial charge in [0.15, 0.2) is 0 Å². The van der Waals surface area contributed by atoms with Gasteiger partial charge in [-0.2, -0.15) is 11.8 Å². The van der Waals surface area contributed by atoms with E-state index in [1.807, 2.05) is 24.4 Å². The molecule has 0 bridgehead atoms. The van der Waals surface area contributed by atoms with Crippen molar-refractivity contribution < 1.29 is 14.7 Å². The van der Waals surface area contributed by atoms with E-state index in [4.69, 9.17) is 5.11 Å². The maximum Gasteiger partial charge on any atom is 0.305 e. The van der Waals surface area contributed by atoms with Crippen LogP contribution >= 0.6 is 23.1 Å². The van der Waals surface area contributed by atoms with E-state index in [0.29, 0.717) is 6.42 Å². The first kappa shape index (κ1) is 15.0. The molecule has 4 nitrogen and oxygen atoms in total. The highest BCUT2D eigenvalue weighted by Gasteiger charge is 2.18. The summed E-state index contributed by atoms with van der Waals surface area (Å²) in [5.41, 5.74) is 0. The molecule has 18 heavy (non-hydrogen) atoms. The van der Waals surface area contributed by atoms with Crippen molar-refractivity contribution in [2.75, 3.05) is 11.5 Å². The number of thioether (sulfide) groups is 1. The van der Waals surface area contributed by atoms with Crippen LogP contribution in [0.15, 0.2) is 17.5 Å². The fraction of sp³-hybridized carbons (Fsp3) is 0.500. The Hall–Kier alpha value is -1.01. The molecule has 0 spiro atoms. The van der Waals surface area contributed by atoms with Gasteiger partial charge >= 0.3 is 5.97 Å². The number of aliphatic carboxylic acids is 1. The molecule has 6 heteroatoms. The number of rotatable bonds is 8. The summed E-state index contributed by atoms with van der Waals surface area (Å²) in [7, 11) is 0. The molecule has 0 radical (unpaired) electrons. The minimum absolute atomic E-state index is 0.0762. The molecule has 1 heterocycles. The quantitative estimate of drug-likeness (QED) is 0.721. The van der Waals surface area contributed by atoms with Gasteiger partial charge in [0.25, 0.3) is 0 Å². The van der Waals surface area contributed by atoms with Crippen LogP contribution in [-0.4, -0.2) is 28.5 Å². The Bertz CT molecular complexity index is 379. The lowest BCUT2D eigenvalue weighted by Crippen LogP contribution is -2.29. The summed E-state index contributed by atoms with van der Waals surface area (Å²) >= 11 is 3.16. The Morgan fingerprint density at radius 3 is 2.89 bits per heavy atom. The molecule has 0 aliphatic rings. The van der Waals surface area contributed by atoms with Crippen LogP contribution in [0.4, 0.5) is 0 Å². The lowest BCUT2D eigenvalue weighted by atomic mass is 10.1. The fourth-order valence-electron chi connectivity index (χ4n) is 1.46. The van der Waals surface area contributed by atoms with E-state index in [1.54, 1.807) is 11.8 Å². The van der Waals surface area contributed by atoms with Crippen LogP contribution in [0, 0.1) is 0 Å². The van der Waals surface area contributed by atoms with E-state index in [2.05, 4.69) is 5.32 Å². The van der Waals surface area contributed by atoms with Gasteiger partial charge < -0.3 is 10.4 Å². The van der Waals surface area contributed by atoms with E-state index in [-0.39, 0.29) is 12.3 Å². The number of hydrogen-bond donors (Lipinski definition) is 2. The Morgan fingerprint density at radius 2 is 2.33 bits per heavy atom. The third-order valence-corrected chi connectivity index (χ3v) is 4.17. The van der Waals surface area contributed by atoms with Crippen molar-refractivity contribution in [3.63, 3.8) is 0 Å². The molecular weight excluding hydrogens is 270 g/mol. The predicted molar refractivity (Wildman–Crippen MR) is 75.1 cm³/mol. The Labute approximate surface area is 115 Å². The SMILES string of the molecule is CCSCCC(=O)NC(CC(=O)O)c1cccs1. The first-order chi connectivity index (χ1) is 8.63. The molecular formula is C12H17NO3S2. The van der Waals surface area contributed by atoms with Gasteiger partial charge in [-0.25, -0.2) is 0 Å². The van der Waals surface area contributed by atoms with Gasteiger partial charge in [0.1, 0.15) is 0 Å². The highest BCUT2D eigenvalue weighted by Crippen LogP contribution is 2.22. The number of thiophene rings is 1. The van der Waals surface area contributed by atoms with Crippen molar-refractivity contribution in [2.45, 2.75) is 25.8 Å². The van der Waals surface area contributed by atoms with E-state index in [9.17, 15) is 9.59 Å².